The quantitative estimate of drug-likeness (QED) is 0.581. The fourth-order valence-corrected chi connectivity index (χ4v) is 4.63. The van der Waals surface area contributed by atoms with Crippen molar-refractivity contribution < 1.29 is 0 Å². The first kappa shape index (κ1) is 12.1. The standard InChI is InChI=1S/C14H12N4S2/c15-8-4-5-11-12(6-8)19-14(18-11)20-13-9-2-1-3-10(9)16-7-17-13/h4-7H,1-3,15H2. The van der Waals surface area contributed by atoms with Crippen molar-refractivity contribution in [2.75, 3.05) is 5.73 Å². The predicted octanol–water partition coefficient (Wildman–Crippen LogP) is 3.31. The van der Waals surface area contributed by atoms with E-state index in [0.717, 1.165) is 38.1 Å². The van der Waals surface area contributed by atoms with E-state index in [-0.39, 0.29) is 0 Å². The second-order valence-electron chi connectivity index (χ2n) is 4.77. The molecule has 0 unspecified atom stereocenters. The van der Waals surface area contributed by atoms with Crippen molar-refractivity contribution in [1.29, 1.82) is 0 Å². The highest BCUT2D eigenvalue weighted by molar-refractivity contribution is 8.01. The van der Waals surface area contributed by atoms with E-state index in [1.165, 1.54) is 17.7 Å². The Morgan fingerprint density at radius 1 is 1.20 bits per heavy atom. The molecule has 0 saturated carbocycles. The topological polar surface area (TPSA) is 64.7 Å². The molecule has 2 N–H and O–H groups in total. The molecule has 0 bridgehead atoms. The van der Waals surface area contributed by atoms with Crippen molar-refractivity contribution in [3.8, 4) is 0 Å². The van der Waals surface area contributed by atoms with Crippen LogP contribution in [0.5, 0.6) is 0 Å². The number of thiazole rings is 1. The van der Waals surface area contributed by atoms with Gasteiger partial charge in [-0.2, -0.15) is 0 Å². The molecule has 0 amide bonds. The second-order valence-corrected chi connectivity index (χ2v) is 7.03. The Bertz CT molecular complexity index is 797. The van der Waals surface area contributed by atoms with Crippen LogP contribution in [-0.2, 0) is 12.8 Å². The third-order valence-corrected chi connectivity index (χ3v) is 5.54. The van der Waals surface area contributed by atoms with Crippen LogP contribution in [0, 0.1) is 0 Å². The smallest absolute Gasteiger partial charge is 0.157 e. The minimum atomic E-state index is 0.778. The molecular weight excluding hydrogens is 288 g/mol. The second kappa shape index (κ2) is 4.71. The van der Waals surface area contributed by atoms with E-state index in [1.54, 1.807) is 29.4 Å². The molecular formula is C14H12N4S2. The van der Waals surface area contributed by atoms with Gasteiger partial charge < -0.3 is 5.73 Å². The fraction of sp³-hybridized carbons (Fsp3) is 0.214. The molecule has 1 aliphatic carbocycles. The summed E-state index contributed by atoms with van der Waals surface area (Å²) in [5.41, 5.74) is 10.1. The highest BCUT2D eigenvalue weighted by Gasteiger charge is 2.18. The minimum absolute atomic E-state index is 0.778. The maximum Gasteiger partial charge on any atom is 0.157 e. The van der Waals surface area contributed by atoms with E-state index in [2.05, 4.69) is 15.0 Å². The van der Waals surface area contributed by atoms with E-state index in [4.69, 9.17) is 5.73 Å². The number of nitrogen functional groups attached to an aromatic ring is 1. The molecule has 3 aromatic rings. The lowest BCUT2D eigenvalue weighted by atomic mass is 10.3. The van der Waals surface area contributed by atoms with Crippen LogP contribution in [0.2, 0.25) is 0 Å². The molecule has 0 atom stereocenters. The minimum Gasteiger partial charge on any atom is -0.399 e. The number of nitrogens with zero attached hydrogens (tertiary/aromatic N) is 3. The van der Waals surface area contributed by atoms with E-state index in [0.29, 0.717) is 0 Å². The average Bonchev–Trinajstić information content (AvgIpc) is 3.04. The van der Waals surface area contributed by atoms with Gasteiger partial charge >= 0.3 is 0 Å². The van der Waals surface area contributed by atoms with Gasteiger partial charge in [0, 0.05) is 16.9 Å². The molecule has 4 rings (SSSR count). The summed E-state index contributed by atoms with van der Waals surface area (Å²) in [4.78, 5) is 13.4. The van der Waals surface area contributed by atoms with Crippen molar-refractivity contribution in [2.45, 2.75) is 28.6 Å². The number of hydrogen-bond donors (Lipinski definition) is 1. The van der Waals surface area contributed by atoms with Crippen LogP contribution in [0.3, 0.4) is 0 Å². The molecule has 6 heteroatoms. The van der Waals surface area contributed by atoms with Crippen LogP contribution < -0.4 is 5.73 Å². The summed E-state index contributed by atoms with van der Waals surface area (Å²) in [5.74, 6) is 0. The highest BCUT2D eigenvalue weighted by atomic mass is 32.2. The Labute approximate surface area is 124 Å². The molecule has 20 heavy (non-hydrogen) atoms. The zero-order valence-corrected chi connectivity index (χ0v) is 12.3. The lowest BCUT2D eigenvalue weighted by molar-refractivity contribution is 0.896. The predicted molar refractivity (Wildman–Crippen MR) is 82.2 cm³/mol. The van der Waals surface area contributed by atoms with Gasteiger partial charge in [-0.05, 0) is 49.2 Å². The van der Waals surface area contributed by atoms with E-state index < -0.39 is 0 Å². The monoisotopic (exact) mass is 300 g/mol. The third kappa shape index (κ3) is 2.05. The SMILES string of the molecule is Nc1ccc2nc(Sc3ncnc4c3CCC4)sc2c1. The molecule has 100 valence electrons. The largest absolute Gasteiger partial charge is 0.399 e. The van der Waals surface area contributed by atoms with Gasteiger partial charge in [0.15, 0.2) is 4.34 Å². The Hall–Kier alpha value is -1.66. The number of anilines is 1. The van der Waals surface area contributed by atoms with Crippen LogP contribution in [0.4, 0.5) is 5.69 Å². The average molecular weight is 300 g/mol. The summed E-state index contributed by atoms with van der Waals surface area (Å²) in [6.07, 6.45) is 4.99. The number of rotatable bonds is 2. The number of fused-ring (bicyclic) bond motifs is 2. The summed E-state index contributed by atoms with van der Waals surface area (Å²) in [6.45, 7) is 0. The molecule has 4 nitrogen and oxygen atoms in total. The maximum absolute atomic E-state index is 5.81. The van der Waals surface area contributed by atoms with Crippen molar-refractivity contribution in [1.82, 2.24) is 15.0 Å². The number of hydrogen-bond acceptors (Lipinski definition) is 6. The van der Waals surface area contributed by atoms with Gasteiger partial charge in [-0.15, -0.1) is 11.3 Å². The first-order valence-corrected chi connectivity index (χ1v) is 8.09. The lowest BCUT2D eigenvalue weighted by Crippen LogP contribution is -1.93. The molecule has 0 saturated heterocycles. The van der Waals surface area contributed by atoms with Gasteiger partial charge in [0.05, 0.1) is 10.2 Å². The van der Waals surface area contributed by atoms with Crippen LogP contribution in [0.15, 0.2) is 33.9 Å². The normalized spacial score (nSPS) is 13.8. The maximum atomic E-state index is 5.81. The Morgan fingerprint density at radius 2 is 2.15 bits per heavy atom. The van der Waals surface area contributed by atoms with Gasteiger partial charge in [0.25, 0.3) is 0 Å². The molecule has 2 aromatic heterocycles. The fourth-order valence-electron chi connectivity index (χ4n) is 2.46. The Balaban J connectivity index is 1.72. The lowest BCUT2D eigenvalue weighted by Gasteiger charge is -2.03. The molecule has 0 spiro atoms. The Kier molecular flexibility index (Phi) is 2.85. The summed E-state index contributed by atoms with van der Waals surface area (Å²) in [5, 5.41) is 1.06. The van der Waals surface area contributed by atoms with Gasteiger partial charge in [-0.1, -0.05) is 0 Å². The molecule has 0 radical (unpaired) electrons. The van der Waals surface area contributed by atoms with Gasteiger partial charge in [-0.25, -0.2) is 15.0 Å². The van der Waals surface area contributed by atoms with E-state index in [9.17, 15) is 0 Å². The molecule has 0 fully saturated rings. The van der Waals surface area contributed by atoms with Gasteiger partial charge in [0.2, 0.25) is 0 Å². The summed E-state index contributed by atoms with van der Waals surface area (Å²) >= 11 is 3.30. The Morgan fingerprint density at radius 3 is 3.10 bits per heavy atom. The van der Waals surface area contributed by atoms with Crippen LogP contribution >= 0.6 is 23.1 Å². The zero-order chi connectivity index (χ0) is 13.5. The molecule has 0 aliphatic heterocycles. The van der Waals surface area contributed by atoms with Gasteiger partial charge in [0.1, 0.15) is 11.4 Å². The van der Waals surface area contributed by atoms with E-state index in [1.807, 2.05) is 18.2 Å². The first-order valence-electron chi connectivity index (χ1n) is 6.46. The van der Waals surface area contributed by atoms with Crippen molar-refractivity contribution in [2.24, 2.45) is 0 Å². The summed E-state index contributed by atoms with van der Waals surface area (Å²) < 4.78 is 2.14. The summed E-state index contributed by atoms with van der Waals surface area (Å²) in [7, 11) is 0. The number of aryl methyl sites for hydroxylation is 1. The number of aromatic nitrogens is 3. The third-order valence-electron chi connectivity index (χ3n) is 3.41. The van der Waals surface area contributed by atoms with Crippen LogP contribution in [0.25, 0.3) is 10.2 Å². The van der Waals surface area contributed by atoms with Crippen molar-refractivity contribution in [3.05, 3.63) is 35.8 Å². The van der Waals surface area contributed by atoms with Crippen molar-refractivity contribution >= 4 is 39.0 Å². The van der Waals surface area contributed by atoms with Crippen molar-refractivity contribution in [3.63, 3.8) is 0 Å². The van der Waals surface area contributed by atoms with Crippen LogP contribution in [-0.4, -0.2) is 15.0 Å². The molecule has 1 aliphatic rings. The highest BCUT2D eigenvalue weighted by Crippen LogP contribution is 2.37. The zero-order valence-electron chi connectivity index (χ0n) is 10.7. The first-order chi connectivity index (χ1) is 9.79. The van der Waals surface area contributed by atoms with E-state index >= 15 is 0 Å². The van der Waals surface area contributed by atoms with Crippen LogP contribution in [0.1, 0.15) is 17.7 Å². The number of nitrogens with two attached hydrogens (primary N) is 1. The molecule has 1 aromatic carbocycles. The number of benzene rings is 1. The molecule has 2 heterocycles. The summed E-state index contributed by atoms with van der Waals surface area (Å²) in [6, 6.07) is 5.83. The van der Waals surface area contributed by atoms with Gasteiger partial charge in [-0.3, -0.25) is 0 Å².